The largest absolute Gasteiger partial charge is 0.305 e. The Bertz CT molecular complexity index is 963. The van der Waals surface area contributed by atoms with E-state index in [2.05, 4.69) is 0 Å². The highest BCUT2D eigenvalue weighted by Gasteiger charge is 2.23. The molecule has 0 saturated heterocycles. The Hall–Kier alpha value is -2.82. The topological polar surface area (TPSA) is 3.24 Å². The van der Waals surface area contributed by atoms with Crippen LogP contribution in [0.25, 0.3) is 0 Å². The van der Waals surface area contributed by atoms with Gasteiger partial charge in [-0.05, 0) is 56.2 Å². The normalized spacial score (nSPS) is 10.9. The SMILES string of the molecule is Cc1ccc(N(c2cc(F)c(C)cc2F)c2ccc(C)c(F)c2F)cc1. The van der Waals surface area contributed by atoms with Gasteiger partial charge < -0.3 is 4.90 Å². The minimum Gasteiger partial charge on any atom is -0.305 e. The molecule has 3 aromatic rings. The molecular weight excluding hydrogens is 342 g/mol. The van der Waals surface area contributed by atoms with Crippen molar-refractivity contribution in [2.75, 3.05) is 4.90 Å². The van der Waals surface area contributed by atoms with Crippen LogP contribution in [0.2, 0.25) is 0 Å². The van der Waals surface area contributed by atoms with Crippen molar-refractivity contribution in [3.8, 4) is 0 Å². The van der Waals surface area contributed by atoms with Crippen LogP contribution >= 0.6 is 0 Å². The summed E-state index contributed by atoms with van der Waals surface area (Å²) in [6, 6.07) is 11.6. The van der Waals surface area contributed by atoms with Gasteiger partial charge in [0.1, 0.15) is 11.6 Å². The standard InChI is InChI=1S/C21H17F4N/c1-12-4-7-15(8-5-12)26(18-9-6-13(2)20(24)21(18)25)19-11-16(22)14(3)10-17(19)23/h4-11H,1-3H3. The zero-order valence-electron chi connectivity index (χ0n) is 14.6. The Morgan fingerprint density at radius 3 is 1.92 bits per heavy atom. The van der Waals surface area contributed by atoms with Crippen molar-refractivity contribution in [2.24, 2.45) is 0 Å². The van der Waals surface area contributed by atoms with Gasteiger partial charge in [-0.3, -0.25) is 0 Å². The lowest BCUT2D eigenvalue weighted by Gasteiger charge is -2.27. The minimum absolute atomic E-state index is 0.130. The second kappa shape index (κ2) is 6.83. The second-order valence-electron chi connectivity index (χ2n) is 6.25. The quantitative estimate of drug-likeness (QED) is 0.474. The van der Waals surface area contributed by atoms with Gasteiger partial charge in [0.05, 0.1) is 11.4 Å². The molecule has 0 amide bonds. The van der Waals surface area contributed by atoms with Crippen LogP contribution in [-0.2, 0) is 0 Å². The highest BCUT2D eigenvalue weighted by Crippen LogP contribution is 2.39. The first-order chi connectivity index (χ1) is 12.3. The molecule has 0 N–H and O–H groups in total. The molecule has 26 heavy (non-hydrogen) atoms. The number of benzene rings is 3. The molecule has 3 rings (SSSR count). The van der Waals surface area contributed by atoms with Gasteiger partial charge in [0, 0.05) is 11.8 Å². The van der Waals surface area contributed by atoms with Crippen molar-refractivity contribution in [3.63, 3.8) is 0 Å². The molecule has 3 aromatic carbocycles. The van der Waals surface area contributed by atoms with Crippen molar-refractivity contribution in [1.82, 2.24) is 0 Å². The van der Waals surface area contributed by atoms with Gasteiger partial charge in [0.15, 0.2) is 11.6 Å². The van der Waals surface area contributed by atoms with Crippen LogP contribution in [0, 0.1) is 44.0 Å². The number of hydrogen-bond donors (Lipinski definition) is 0. The monoisotopic (exact) mass is 359 g/mol. The Kier molecular flexibility index (Phi) is 4.72. The van der Waals surface area contributed by atoms with Crippen LogP contribution in [0.1, 0.15) is 16.7 Å². The van der Waals surface area contributed by atoms with Crippen molar-refractivity contribution in [3.05, 3.63) is 88.5 Å². The summed E-state index contributed by atoms with van der Waals surface area (Å²) in [4.78, 5) is 1.18. The van der Waals surface area contributed by atoms with Crippen molar-refractivity contribution >= 4 is 17.1 Å². The molecule has 0 aliphatic heterocycles. The zero-order valence-corrected chi connectivity index (χ0v) is 14.6. The third-order valence-corrected chi connectivity index (χ3v) is 4.26. The van der Waals surface area contributed by atoms with Gasteiger partial charge in [-0.2, -0.15) is 0 Å². The molecule has 0 unspecified atom stereocenters. The first kappa shape index (κ1) is 18.0. The predicted molar refractivity (Wildman–Crippen MR) is 95.2 cm³/mol. The summed E-state index contributed by atoms with van der Waals surface area (Å²) in [6.45, 7) is 4.74. The summed E-state index contributed by atoms with van der Waals surface area (Å²) >= 11 is 0. The van der Waals surface area contributed by atoms with Gasteiger partial charge in [-0.25, -0.2) is 17.6 Å². The van der Waals surface area contributed by atoms with Crippen LogP contribution < -0.4 is 4.90 Å². The lowest BCUT2D eigenvalue weighted by Crippen LogP contribution is -2.15. The van der Waals surface area contributed by atoms with Crippen LogP contribution in [0.5, 0.6) is 0 Å². The number of hydrogen-bond acceptors (Lipinski definition) is 1. The van der Waals surface area contributed by atoms with Crippen molar-refractivity contribution in [1.29, 1.82) is 0 Å². The maximum atomic E-state index is 14.6. The molecule has 0 saturated carbocycles. The molecule has 134 valence electrons. The third kappa shape index (κ3) is 3.17. The Morgan fingerprint density at radius 2 is 1.27 bits per heavy atom. The van der Waals surface area contributed by atoms with E-state index in [1.165, 1.54) is 30.9 Å². The predicted octanol–water partition coefficient (Wildman–Crippen LogP) is 6.64. The van der Waals surface area contributed by atoms with E-state index in [-0.39, 0.29) is 22.5 Å². The minimum atomic E-state index is -1.12. The lowest BCUT2D eigenvalue weighted by atomic mass is 10.1. The first-order valence-electron chi connectivity index (χ1n) is 8.06. The van der Waals surface area contributed by atoms with Crippen molar-refractivity contribution < 1.29 is 17.6 Å². The summed E-state index contributed by atoms with van der Waals surface area (Å²) in [5, 5.41) is 0. The highest BCUT2D eigenvalue weighted by molar-refractivity contribution is 5.77. The molecule has 0 atom stereocenters. The maximum Gasteiger partial charge on any atom is 0.183 e. The van der Waals surface area contributed by atoms with E-state index in [4.69, 9.17) is 0 Å². The summed E-state index contributed by atoms with van der Waals surface area (Å²) in [5.41, 5.74) is 1.20. The summed E-state index contributed by atoms with van der Waals surface area (Å²) < 4.78 is 57.5. The fourth-order valence-electron chi connectivity index (χ4n) is 2.72. The average Bonchev–Trinajstić information content (AvgIpc) is 2.60. The van der Waals surface area contributed by atoms with Gasteiger partial charge >= 0.3 is 0 Å². The summed E-state index contributed by atoms with van der Waals surface area (Å²) in [5.74, 6) is -3.50. The molecule has 0 bridgehead atoms. The Balaban J connectivity index is 2.29. The smallest absolute Gasteiger partial charge is 0.183 e. The zero-order chi connectivity index (χ0) is 19.0. The number of rotatable bonds is 3. The molecular formula is C21H17F4N. The molecule has 1 nitrogen and oxygen atoms in total. The van der Waals surface area contributed by atoms with E-state index in [1.54, 1.807) is 24.3 Å². The van der Waals surface area contributed by atoms with Crippen LogP contribution in [0.15, 0.2) is 48.5 Å². The number of aryl methyl sites for hydroxylation is 3. The van der Waals surface area contributed by atoms with Gasteiger partial charge in [0.2, 0.25) is 0 Å². The fraction of sp³-hybridized carbons (Fsp3) is 0.143. The van der Waals surface area contributed by atoms with Gasteiger partial charge in [-0.1, -0.05) is 23.8 Å². The van der Waals surface area contributed by atoms with Crippen LogP contribution in [0.4, 0.5) is 34.6 Å². The fourth-order valence-corrected chi connectivity index (χ4v) is 2.72. The molecule has 0 heterocycles. The van der Waals surface area contributed by atoms with E-state index in [9.17, 15) is 17.6 Å². The summed E-state index contributed by atoms with van der Waals surface area (Å²) in [7, 11) is 0. The van der Waals surface area contributed by atoms with Crippen LogP contribution in [-0.4, -0.2) is 0 Å². The van der Waals surface area contributed by atoms with E-state index in [0.717, 1.165) is 17.7 Å². The maximum absolute atomic E-state index is 14.6. The van der Waals surface area contributed by atoms with E-state index >= 15 is 0 Å². The Labute approximate surface area is 149 Å². The van der Waals surface area contributed by atoms with Crippen molar-refractivity contribution in [2.45, 2.75) is 20.8 Å². The molecule has 5 heteroatoms. The number of halogens is 4. The molecule has 0 spiro atoms. The Morgan fingerprint density at radius 1 is 0.615 bits per heavy atom. The highest BCUT2D eigenvalue weighted by atomic mass is 19.2. The van der Waals surface area contributed by atoms with Gasteiger partial charge in [0.25, 0.3) is 0 Å². The average molecular weight is 359 g/mol. The first-order valence-corrected chi connectivity index (χ1v) is 8.06. The molecule has 0 aliphatic carbocycles. The van der Waals surface area contributed by atoms with E-state index < -0.39 is 23.3 Å². The van der Waals surface area contributed by atoms with Crippen LogP contribution in [0.3, 0.4) is 0 Å². The van der Waals surface area contributed by atoms with E-state index in [1.807, 2.05) is 6.92 Å². The lowest BCUT2D eigenvalue weighted by molar-refractivity contribution is 0.504. The van der Waals surface area contributed by atoms with Gasteiger partial charge in [-0.15, -0.1) is 0 Å². The summed E-state index contributed by atoms with van der Waals surface area (Å²) in [6.07, 6.45) is 0. The molecule has 0 aliphatic rings. The molecule has 0 aromatic heterocycles. The number of nitrogens with zero attached hydrogens (tertiary/aromatic N) is 1. The third-order valence-electron chi connectivity index (χ3n) is 4.26. The molecule has 0 radical (unpaired) electrons. The molecule has 0 fully saturated rings. The second-order valence-corrected chi connectivity index (χ2v) is 6.25. The number of anilines is 3. The van der Waals surface area contributed by atoms with E-state index in [0.29, 0.717) is 5.69 Å².